The molecular weight excluding hydrogens is 212 g/mol. The molecule has 94 valence electrons. The third-order valence-corrected chi connectivity index (χ3v) is 2.74. The quantitative estimate of drug-likeness (QED) is 0.575. The maximum Gasteiger partial charge on any atom is 0.340 e. The van der Waals surface area contributed by atoms with E-state index in [9.17, 15) is 4.79 Å². The van der Waals surface area contributed by atoms with E-state index < -0.39 is 11.6 Å². The summed E-state index contributed by atoms with van der Waals surface area (Å²) in [6, 6.07) is 0. The van der Waals surface area contributed by atoms with E-state index in [1.54, 1.807) is 0 Å². The van der Waals surface area contributed by atoms with E-state index in [1.165, 1.54) is 0 Å². The highest BCUT2D eigenvalue weighted by Crippen LogP contribution is 2.22. The topological polar surface area (TPSA) is 76.0 Å². The van der Waals surface area contributed by atoms with Gasteiger partial charge in [0.1, 0.15) is 0 Å². The molecule has 0 aromatic carbocycles. The molecule has 5 nitrogen and oxygen atoms in total. The SMILES string of the molecule is O=C(O)C1(OCCCCCCCO)COC1. The zero-order valence-corrected chi connectivity index (χ0v) is 9.48. The molecule has 1 aliphatic rings. The lowest BCUT2D eigenvalue weighted by Crippen LogP contribution is -2.58. The number of hydrogen-bond acceptors (Lipinski definition) is 4. The molecule has 1 rings (SSSR count). The van der Waals surface area contributed by atoms with Gasteiger partial charge in [-0.05, 0) is 12.8 Å². The first-order valence-electron chi connectivity index (χ1n) is 5.77. The van der Waals surface area contributed by atoms with E-state index in [4.69, 9.17) is 19.7 Å². The predicted molar refractivity (Wildman–Crippen MR) is 57.3 cm³/mol. The minimum atomic E-state index is -1.08. The van der Waals surface area contributed by atoms with Gasteiger partial charge in [-0.15, -0.1) is 0 Å². The molecule has 2 N–H and O–H groups in total. The van der Waals surface area contributed by atoms with Gasteiger partial charge in [0.15, 0.2) is 0 Å². The van der Waals surface area contributed by atoms with Crippen molar-refractivity contribution in [3.63, 3.8) is 0 Å². The van der Waals surface area contributed by atoms with Crippen molar-refractivity contribution in [1.82, 2.24) is 0 Å². The Balaban J connectivity index is 2.00. The molecule has 0 aromatic heterocycles. The summed E-state index contributed by atoms with van der Waals surface area (Å²) >= 11 is 0. The molecule has 0 bridgehead atoms. The minimum absolute atomic E-state index is 0.160. The van der Waals surface area contributed by atoms with Crippen LogP contribution in [0.25, 0.3) is 0 Å². The molecule has 0 atom stereocenters. The van der Waals surface area contributed by atoms with Gasteiger partial charge in [0.2, 0.25) is 5.60 Å². The Hall–Kier alpha value is -0.650. The highest BCUT2D eigenvalue weighted by Gasteiger charge is 2.47. The number of aliphatic carboxylic acids is 1. The third-order valence-electron chi connectivity index (χ3n) is 2.74. The summed E-state index contributed by atoms with van der Waals surface area (Å²) in [5.41, 5.74) is -1.08. The molecular formula is C11H20O5. The van der Waals surface area contributed by atoms with Gasteiger partial charge in [-0.25, -0.2) is 4.79 Å². The molecule has 0 aromatic rings. The van der Waals surface area contributed by atoms with Crippen LogP contribution in [0.3, 0.4) is 0 Å². The number of carbonyl (C=O) groups is 1. The van der Waals surface area contributed by atoms with Crippen LogP contribution in [0, 0.1) is 0 Å². The van der Waals surface area contributed by atoms with Gasteiger partial charge in [0.25, 0.3) is 0 Å². The summed E-state index contributed by atoms with van der Waals surface area (Å²) in [5, 5.41) is 17.5. The Morgan fingerprint density at radius 1 is 1.19 bits per heavy atom. The second-order valence-electron chi connectivity index (χ2n) is 4.13. The summed E-state index contributed by atoms with van der Waals surface area (Å²) in [5.74, 6) is -0.931. The molecule has 0 unspecified atom stereocenters. The summed E-state index contributed by atoms with van der Waals surface area (Å²) in [4.78, 5) is 10.9. The largest absolute Gasteiger partial charge is 0.479 e. The van der Waals surface area contributed by atoms with Gasteiger partial charge in [0.05, 0.1) is 13.2 Å². The molecule has 1 saturated heterocycles. The van der Waals surface area contributed by atoms with Crippen LogP contribution in [0.2, 0.25) is 0 Å². The highest BCUT2D eigenvalue weighted by molar-refractivity contribution is 5.78. The number of ether oxygens (including phenoxy) is 2. The zero-order valence-electron chi connectivity index (χ0n) is 9.48. The van der Waals surface area contributed by atoms with E-state index in [0.717, 1.165) is 32.1 Å². The van der Waals surface area contributed by atoms with Crippen LogP contribution in [0.5, 0.6) is 0 Å². The van der Waals surface area contributed by atoms with Crippen molar-refractivity contribution in [2.24, 2.45) is 0 Å². The fourth-order valence-corrected chi connectivity index (χ4v) is 1.57. The van der Waals surface area contributed by atoms with E-state index >= 15 is 0 Å². The van der Waals surface area contributed by atoms with Gasteiger partial charge < -0.3 is 19.7 Å². The van der Waals surface area contributed by atoms with Crippen molar-refractivity contribution in [3.8, 4) is 0 Å². The van der Waals surface area contributed by atoms with Crippen molar-refractivity contribution in [1.29, 1.82) is 0 Å². The number of carboxylic acids is 1. The highest BCUT2D eigenvalue weighted by atomic mass is 16.6. The van der Waals surface area contributed by atoms with E-state index in [0.29, 0.717) is 6.61 Å². The average Bonchev–Trinajstić information content (AvgIpc) is 2.19. The van der Waals surface area contributed by atoms with Crippen LogP contribution in [0.1, 0.15) is 32.1 Å². The molecule has 0 radical (unpaired) electrons. The van der Waals surface area contributed by atoms with Crippen LogP contribution in [0.4, 0.5) is 0 Å². The predicted octanol–water partition coefficient (Wildman–Crippen LogP) is 0.799. The smallest absolute Gasteiger partial charge is 0.340 e. The monoisotopic (exact) mass is 232 g/mol. The summed E-state index contributed by atoms with van der Waals surface area (Å²) in [6.45, 7) is 1.03. The van der Waals surface area contributed by atoms with E-state index in [1.807, 2.05) is 0 Å². The molecule has 1 heterocycles. The Morgan fingerprint density at radius 2 is 1.81 bits per heavy atom. The molecule has 16 heavy (non-hydrogen) atoms. The van der Waals surface area contributed by atoms with Crippen molar-refractivity contribution < 1.29 is 24.5 Å². The Labute approximate surface area is 95.4 Å². The second-order valence-corrected chi connectivity index (χ2v) is 4.13. The van der Waals surface area contributed by atoms with Gasteiger partial charge in [-0.3, -0.25) is 0 Å². The van der Waals surface area contributed by atoms with Gasteiger partial charge in [-0.2, -0.15) is 0 Å². The van der Waals surface area contributed by atoms with Crippen molar-refractivity contribution >= 4 is 5.97 Å². The normalized spacial score (nSPS) is 18.1. The maximum absolute atomic E-state index is 10.9. The number of carboxylic acid groups (broad SMARTS) is 1. The number of hydrogen-bond donors (Lipinski definition) is 2. The molecule has 5 heteroatoms. The first-order chi connectivity index (χ1) is 7.71. The van der Waals surface area contributed by atoms with Crippen LogP contribution < -0.4 is 0 Å². The van der Waals surface area contributed by atoms with Gasteiger partial charge in [0, 0.05) is 13.2 Å². The van der Waals surface area contributed by atoms with Crippen LogP contribution >= 0.6 is 0 Å². The molecule has 0 saturated carbocycles. The molecule has 0 spiro atoms. The van der Waals surface area contributed by atoms with Crippen LogP contribution in [-0.2, 0) is 14.3 Å². The lowest BCUT2D eigenvalue weighted by Gasteiger charge is -2.36. The van der Waals surface area contributed by atoms with Crippen molar-refractivity contribution in [2.75, 3.05) is 26.4 Å². The van der Waals surface area contributed by atoms with Crippen LogP contribution in [-0.4, -0.2) is 48.2 Å². The third kappa shape index (κ3) is 3.73. The number of aliphatic hydroxyl groups is 1. The first kappa shape index (κ1) is 13.4. The van der Waals surface area contributed by atoms with Crippen molar-refractivity contribution in [3.05, 3.63) is 0 Å². The number of rotatable bonds is 9. The molecule has 1 fully saturated rings. The Bertz CT molecular complexity index is 212. The summed E-state index contributed by atoms with van der Waals surface area (Å²) < 4.78 is 10.2. The summed E-state index contributed by atoms with van der Waals surface area (Å²) in [7, 11) is 0. The standard InChI is InChI=1S/C11H20O5/c12-6-4-2-1-3-5-7-16-11(10(13)14)8-15-9-11/h12H,1-9H2,(H,13,14). The number of aliphatic hydroxyl groups excluding tert-OH is 1. The average molecular weight is 232 g/mol. The van der Waals surface area contributed by atoms with E-state index in [2.05, 4.69) is 0 Å². The zero-order chi connectivity index (χ0) is 11.9. The second kappa shape index (κ2) is 6.83. The van der Waals surface area contributed by atoms with Gasteiger partial charge >= 0.3 is 5.97 Å². The lowest BCUT2D eigenvalue weighted by molar-refractivity contribution is -0.224. The van der Waals surface area contributed by atoms with Crippen molar-refractivity contribution in [2.45, 2.75) is 37.7 Å². The minimum Gasteiger partial charge on any atom is -0.479 e. The fraction of sp³-hybridized carbons (Fsp3) is 0.909. The van der Waals surface area contributed by atoms with E-state index in [-0.39, 0.29) is 19.8 Å². The summed E-state index contributed by atoms with van der Waals surface area (Å²) in [6.07, 6.45) is 4.79. The first-order valence-corrected chi connectivity index (χ1v) is 5.77. The number of unbranched alkanes of at least 4 members (excludes halogenated alkanes) is 4. The molecule has 0 aliphatic carbocycles. The molecule has 0 amide bonds. The molecule has 1 aliphatic heterocycles. The van der Waals surface area contributed by atoms with Crippen LogP contribution in [0.15, 0.2) is 0 Å². The fourth-order valence-electron chi connectivity index (χ4n) is 1.57. The Kier molecular flexibility index (Phi) is 5.73. The Morgan fingerprint density at radius 3 is 2.31 bits per heavy atom. The maximum atomic E-state index is 10.9. The lowest BCUT2D eigenvalue weighted by atomic mass is 10.0. The van der Waals surface area contributed by atoms with Gasteiger partial charge in [-0.1, -0.05) is 19.3 Å².